The van der Waals surface area contributed by atoms with Crippen LogP contribution in [0.4, 0.5) is 0 Å². The first-order valence-electron chi connectivity index (χ1n) is 7.01. The van der Waals surface area contributed by atoms with Gasteiger partial charge in [-0.05, 0) is 39.0 Å². The molecule has 0 fully saturated rings. The molecule has 0 aliphatic rings. The molecule has 0 nitrogen and oxygen atoms in total. The van der Waals surface area contributed by atoms with Gasteiger partial charge in [0.05, 0.1) is 0 Å². The normalized spacial score (nSPS) is 11.9. The lowest BCUT2D eigenvalue weighted by Crippen LogP contribution is -1.79. The summed E-state index contributed by atoms with van der Waals surface area (Å²) in [6.45, 7) is 5.92. The van der Waals surface area contributed by atoms with Crippen LogP contribution in [0.3, 0.4) is 0 Å². The summed E-state index contributed by atoms with van der Waals surface area (Å²) in [7, 11) is 0. The number of unbranched alkanes of at least 4 members (excludes halogenated alkanes) is 8. The van der Waals surface area contributed by atoms with E-state index in [1.807, 2.05) is 6.08 Å². The molecule has 0 aromatic rings. The first-order valence-corrected chi connectivity index (χ1v) is 7.01. The van der Waals surface area contributed by atoms with E-state index in [1.165, 1.54) is 64.2 Å². The fraction of sp³-hybridized carbons (Fsp3) is 0.688. The first kappa shape index (κ1) is 15.5. The molecular weight excluding hydrogens is 192 g/mol. The molecule has 0 rings (SSSR count). The Morgan fingerprint density at radius 1 is 0.688 bits per heavy atom. The Morgan fingerprint density at radius 2 is 1.19 bits per heavy atom. The Labute approximate surface area is 103 Å². The molecule has 0 unspecified atom stereocenters. The number of hydrogen-bond acceptors (Lipinski definition) is 0. The van der Waals surface area contributed by atoms with Gasteiger partial charge in [0.25, 0.3) is 0 Å². The van der Waals surface area contributed by atoms with Gasteiger partial charge in [0.2, 0.25) is 0 Å². The van der Waals surface area contributed by atoms with Crippen LogP contribution in [0.2, 0.25) is 0 Å². The van der Waals surface area contributed by atoms with Crippen LogP contribution in [-0.2, 0) is 0 Å². The molecule has 0 aromatic carbocycles. The predicted octanol–water partition coefficient (Wildman–Crippen LogP) is 5.85. The summed E-state index contributed by atoms with van der Waals surface area (Å²) < 4.78 is 0. The summed E-state index contributed by atoms with van der Waals surface area (Å²) in [5.41, 5.74) is 0. The maximum atomic E-state index is 3.69. The minimum Gasteiger partial charge on any atom is -0.0885 e. The summed E-state index contributed by atoms with van der Waals surface area (Å²) in [5, 5.41) is 0. The Balaban J connectivity index is 2.98. The summed E-state index contributed by atoms with van der Waals surface area (Å²) in [4.78, 5) is 0. The van der Waals surface area contributed by atoms with Crippen molar-refractivity contribution < 1.29 is 0 Å². The highest BCUT2D eigenvalue weighted by atomic mass is 14.0. The molecular formula is C16H29. The van der Waals surface area contributed by atoms with Crippen molar-refractivity contribution in [2.45, 2.75) is 71.1 Å². The van der Waals surface area contributed by atoms with Crippen LogP contribution < -0.4 is 0 Å². The molecule has 0 heterocycles. The van der Waals surface area contributed by atoms with Gasteiger partial charge in [-0.2, -0.15) is 0 Å². The minimum atomic E-state index is 1.21. The lowest BCUT2D eigenvalue weighted by molar-refractivity contribution is 0.600. The number of rotatable bonds is 11. The summed E-state index contributed by atoms with van der Waals surface area (Å²) in [6.07, 6.45) is 22.1. The Hall–Kier alpha value is -0.520. The zero-order valence-corrected chi connectivity index (χ0v) is 11.1. The molecule has 0 amide bonds. The van der Waals surface area contributed by atoms with E-state index in [9.17, 15) is 0 Å². The minimum absolute atomic E-state index is 1.21. The van der Waals surface area contributed by atoms with Crippen LogP contribution in [-0.4, -0.2) is 0 Å². The maximum absolute atomic E-state index is 3.69. The number of hydrogen-bond donors (Lipinski definition) is 0. The molecule has 16 heavy (non-hydrogen) atoms. The zero-order valence-electron chi connectivity index (χ0n) is 11.1. The van der Waals surface area contributed by atoms with Crippen molar-refractivity contribution in [1.29, 1.82) is 0 Å². The standard InChI is InChI=1S/C16H29/c1-3-5-7-9-11-13-15-16-14-12-10-8-6-4-2/h3,5,8,10H,1,4,6-7,9,11-16H2,2H3. The van der Waals surface area contributed by atoms with E-state index >= 15 is 0 Å². The van der Waals surface area contributed by atoms with Crippen molar-refractivity contribution in [2.24, 2.45) is 0 Å². The van der Waals surface area contributed by atoms with Gasteiger partial charge in [0.15, 0.2) is 0 Å². The van der Waals surface area contributed by atoms with Gasteiger partial charge in [0, 0.05) is 0 Å². The highest BCUT2D eigenvalue weighted by molar-refractivity contribution is 4.83. The van der Waals surface area contributed by atoms with Crippen molar-refractivity contribution in [2.75, 3.05) is 0 Å². The van der Waals surface area contributed by atoms with Crippen molar-refractivity contribution >= 4 is 0 Å². The molecule has 0 atom stereocenters. The van der Waals surface area contributed by atoms with Gasteiger partial charge >= 0.3 is 0 Å². The molecule has 1 radical (unpaired) electrons. The van der Waals surface area contributed by atoms with E-state index in [0.29, 0.717) is 0 Å². The van der Waals surface area contributed by atoms with E-state index in [0.717, 1.165) is 0 Å². The van der Waals surface area contributed by atoms with Gasteiger partial charge < -0.3 is 0 Å². The molecule has 0 aromatic heterocycles. The van der Waals surface area contributed by atoms with Crippen molar-refractivity contribution in [3.05, 3.63) is 31.2 Å². The predicted molar refractivity (Wildman–Crippen MR) is 75.5 cm³/mol. The van der Waals surface area contributed by atoms with Crippen molar-refractivity contribution in [3.63, 3.8) is 0 Å². The molecule has 0 N–H and O–H groups in total. The molecule has 0 saturated carbocycles. The fourth-order valence-electron chi connectivity index (χ4n) is 1.75. The molecule has 0 heteroatoms. The Bertz CT molecular complexity index is 165. The average Bonchev–Trinajstić information content (AvgIpc) is 2.31. The third-order valence-corrected chi connectivity index (χ3v) is 2.78. The van der Waals surface area contributed by atoms with E-state index in [2.05, 4.69) is 32.1 Å². The average molecular weight is 221 g/mol. The van der Waals surface area contributed by atoms with Gasteiger partial charge in [-0.3, -0.25) is 0 Å². The smallest absolute Gasteiger partial charge is 0.0316 e. The molecule has 0 aliphatic carbocycles. The molecule has 0 aliphatic heterocycles. The van der Waals surface area contributed by atoms with Gasteiger partial charge in [-0.1, -0.05) is 63.3 Å². The quantitative estimate of drug-likeness (QED) is 0.303. The second-order valence-electron chi connectivity index (χ2n) is 4.43. The summed E-state index contributed by atoms with van der Waals surface area (Å²) >= 11 is 0. The zero-order chi connectivity index (χ0) is 11.9. The van der Waals surface area contributed by atoms with Crippen molar-refractivity contribution in [3.8, 4) is 0 Å². The van der Waals surface area contributed by atoms with Crippen molar-refractivity contribution in [1.82, 2.24) is 0 Å². The second kappa shape index (κ2) is 14.5. The van der Waals surface area contributed by atoms with Gasteiger partial charge in [-0.25, -0.2) is 0 Å². The monoisotopic (exact) mass is 221 g/mol. The molecule has 93 valence electrons. The molecule has 0 saturated heterocycles. The Kier molecular flexibility index (Phi) is 14.0. The largest absolute Gasteiger partial charge is 0.0885 e. The first-order chi connectivity index (χ1) is 7.91. The lowest BCUT2D eigenvalue weighted by atomic mass is 10.1. The third-order valence-electron chi connectivity index (χ3n) is 2.78. The Morgan fingerprint density at radius 3 is 1.75 bits per heavy atom. The number of allylic oxidation sites excluding steroid dienone is 4. The third kappa shape index (κ3) is 13.5. The van der Waals surface area contributed by atoms with Crippen LogP contribution in [0.25, 0.3) is 0 Å². The lowest BCUT2D eigenvalue weighted by Gasteiger charge is -1.99. The topological polar surface area (TPSA) is 0 Å². The highest BCUT2D eigenvalue weighted by Gasteiger charge is 1.89. The van der Waals surface area contributed by atoms with Crippen LogP contribution in [0.5, 0.6) is 0 Å². The van der Waals surface area contributed by atoms with Crippen LogP contribution in [0.15, 0.2) is 24.3 Å². The van der Waals surface area contributed by atoms with E-state index < -0.39 is 0 Å². The SMILES string of the molecule is [CH2]C=CCCCCCCCCC=CCCC. The maximum Gasteiger partial charge on any atom is -0.0316 e. The van der Waals surface area contributed by atoms with E-state index in [4.69, 9.17) is 0 Å². The van der Waals surface area contributed by atoms with E-state index in [1.54, 1.807) is 0 Å². The fourth-order valence-corrected chi connectivity index (χ4v) is 1.75. The van der Waals surface area contributed by atoms with Gasteiger partial charge in [0.1, 0.15) is 0 Å². The van der Waals surface area contributed by atoms with Crippen LogP contribution in [0, 0.1) is 6.92 Å². The second-order valence-corrected chi connectivity index (χ2v) is 4.43. The summed E-state index contributed by atoms with van der Waals surface area (Å²) in [6, 6.07) is 0. The molecule has 0 spiro atoms. The summed E-state index contributed by atoms with van der Waals surface area (Å²) in [5.74, 6) is 0. The van der Waals surface area contributed by atoms with Gasteiger partial charge in [-0.15, -0.1) is 0 Å². The van der Waals surface area contributed by atoms with E-state index in [-0.39, 0.29) is 0 Å². The molecule has 0 bridgehead atoms. The van der Waals surface area contributed by atoms with Crippen LogP contribution >= 0.6 is 0 Å². The van der Waals surface area contributed by atoms with Crippen LogP contribution in [0.1, 0.15) is 71.1 Å². The highest BCUT2D eigenvalue weighted by Crippen LogP contribution is 2.09.